The van der Waals surface area contributed by atoms with Crippen LogP contribution in [0.5, 0.6) is 0 Å². The van der Waals surface area contributed by atoms with Gasteiger partial charge in [-0.2, -0.15) is 5.10 Å². The molecule has 2 aromatic carbocycles. The first kappa shape index (κ1) is 18.2. The van der Waals surface area contributed by atoms with E-state index in [4.69, 9.17) is 11.6 Å². The van der Waals surface area contributed by atoms with Gasteiger partial charge in [-0.1, -0.05) is 48.0 Å². The summed E-state index contributed by atoms with van der Waals surface area (Å²) in [7, 11) is 1.93. The highest BCUT2D eigenvalue weighted by Crippen LogP contribution is 2.26. The number of aryl methyl sites for hydroxylation is 1. The highest BCUT2D eigenvalue weighted by atomic mass is 35.5. The smallest absolute Gasteiger partial charge is 0.267 e. The quantitative estimate of drug-likeness (QED) is 0.489. The first-order valence-corrected chi connectivity index (χ1v) is 9.25. The normalized spacial score (nSPS) is 11.1. The lowest BCUT2D eigenvalue weighted by Gasteiger charge is -2.08. The Morgan fingerprint density at radius 3 is 2.54 bits per heavy atom. The molecule has 28 heavy (non-hydrogen) atoms. The van der Waals surface area contributed by atoms with Crippen molar-refractivity contribution in [3.63, 3.8) is 0 Å². The van der Waals surface area contributed by atoms with Gasteiger partial charge in [0.05, 0.1) is 10.7 Å². The number of benzene rings is 2. The van der Waals surface area contributed by atoms with Gasteiger partial charge in [0.1, 0.15) is 6.54 Å². The van der Waals surface area contributed by atoms with Crippen LogP contribution >= 0.6 is 11.6 Å². The number of hydrogen-bond acceptors (Lipinski definition) is 3. The van der Waals surface area contributed by atoms with Crippen molar-refractivity contribution in [2.75, 3.05) is 0 Å². The van der Waals surface area contributed by atoms with Gasteiger partial charge in [-0.05, 0) is 25.1 Å². The van der Waals surface area contributed by atoms with E-state index in [1.165, 1.54) is 10.7 Å². The van der Waals surface area contributed by atoms with Crippen molar-refractivity contribution in [3.05, 3.63) is 87.3 Å². The van der Waals surface area contributed by atoms with E-state index in [0.29, 0.717) is 21.8 Å². The maximum Gasteiger partial charge on any atom is 0.267 e. The molecule has 0 radical (unpaired) electrons. The number of Topliss-reactive ketones (excluding diaryl/α,β-unsaturated/α-hetero) is 1. The fraction of sp³-hybridized carbons (Fsp3) is 0.136. The van der Waals surface area contributed by atoms with Gasteiger partial charge in [0, 0.05) is 40.8 Å². The monoisotopic (exact) mass is 391 g/mol. The van der Waals surface area contributed by atoms with E-state index in [9.17, 15) is 9.59 Å². The predicted octanol–water partition coefficient (Wildman–Crippen LogP) is 4.25. The Morgan fingerprint density at radius 1 is 1.04 bits per heavy atom. The van der Waals surface area contributed by atoms with Crippen molar-refractivity contribution in [2.45, 2.75) is 13.5 Å². The average molecular weight is 392 g/mol. The lowest BCUT2D eigenvalue weighted by molar-refractivity contribution is 0.0966. The fourth-order valence-corrected chi connectivity index (χ4v) is 3.70. The number of carbonyl (C=O) groups excluding carboxylic acids is 1. The molecule has 0 aliphatic carbocycles. The Morgan fingerprint density at radius 2 is 1.75 bits per heavy atom. The Bertz CT molecular complexity index is 1270. The first-order chi connectivity index (χ1) is 13.5. The summed E-state index contributed by atoms with van der Waals surface area (Å²) in [6, 6.07) is 18.0. The van der Waals surface area contributed by atoms with Crippen LogP contribution in [-0.2, 0) is 13.6 Å². The third kappa shape index (κ3) is 3.04. The Balaban J connectivity index is 1.75. The Kier molecular flexibility index (Phi) is 4.61. The van der Waals surface area contributed by atoms with Gasteiger partial charge in [-0.25, -0.2) is 4.68 Å². The molecule has 0 amide bonds. The second kappa shape index (κ2) is 7.09. The van der Waals surface area contributed by atoms with Crippen molar-refractivity contribution < 1.29 is 4.79 Å². The van der Waals surface area contributed by atoms with Gasteiger partial charge in [0.25, 0.3) is 5.56 Å². The van der Waals surface area contributed by atoms with Gasteiger partial charge in [-0.3, -0.25) is 9.59 Å². The van der Waals surface area contributed by atoms with Crippen molar-refractivity contribution in [3.8, 4) is 11.3 Å². The molecule has 0 saturated heterocycles. The number of ketones is 1. The number of para-hydroxylation sites is 1. The highest BCUT2D eigenvalue weighted by molar-refractivity contribution is 6.33. The predicted molar refractivity (Wildman–Crippen MR) is 111 cm³/mol. The number of fused-ring (bicyclic) bond motifs is 1. The molecule has 4 rings (SSSR count). The van der Waals surface area contributed by atoms with Crippen LogP contribution in [0.25, 0.3) is 22.2 Å². The zero-order chi connectivity index (χ0) is 19.8. The highest BCUT2D eigenvalue weighted by Gasteiger charge is 2.19. The lowest BCUT2D eigenvalue weighted by Crippen LogP contribution is -2.26. The molecule has 0 unspecified atom stereocenters. The summed E-state index contributed by atoms with van der Waals surface area (Å²) in [6.07, 6.45) is 0. The summed E-state index contributed by atoms with van der Waals surface area (Å²) >= 11 is 6.24. The minimum absolute atomic E-state index is 0.133. The Labute approximate surface area is 166 Å². The Hall–Kier alpha value is -3.18. The van der Waals surface area contributed by atoms with E-state index in [0.717, 1.165) is 16.6 Å². The zero-order valence-corrected chi connectivity index (χ0v) is 16.3. The van der Waals surface area contributed by atoms with E-state index >= 15 is 0 Å². The minimum atomic E-state index is -0.331. The molecular weight excluding hydrogens is 374 g/mol. The summed E-state index contributed by atoms with van der Waals surface area (Å²) in [6.45, 7) is 1.77. The van der Waals surface area contributed by atoms with Crippen molar-refractivity contribution >= 4 is 28.3 Å². The third-order valence-corrected chi connectivity index (χ3v) is 5.32. The summed E-state index contributed by atoms with van der Waals surface area (Å²) in [5.41, 5.74) is 3.39. The molecule has 140 valence electrons. The number of carbonyl (C=O) groups is 1. The number of aromatic nitrogens is 3. The van der Waals surface area contributed by atoms with Crippen molar-refractivity contribution in [2.24, 2.45) is 7.05 Å². The standard InChI is InChI=1S/C22H18ClN3O2/c1-14-22(16-8-4-6-10-19(16)25(14)2)20(27)13-26-21(28)12-11-18(24-26)15-7-3-5-9-17(15)23/h3-12H,13H2,1-2H3. The minimum Gasteiger partial charge on any atom is -0.347 e. The molecule has 2 heterocycles. The molecule has 0 saturated carbocycles. The van der Waals surface area contributed by atoms with E-state index < -0.39 is 0 Å². The molecule has 5 nitrogen and oxygen atoms in total. The number of hydrogen-bond donors (Lipinski definition) is 0. The second-order valence-corrected chi connectivity index (χ2v) is 7.06. The molecule has 6 heteroatoms. The van der Waals surface area contributed by atoms with Gasteiger partial charge in [0.2, 0.25) is 0 Å². The van der Waals surface area contributed by atoms with Gasteiger partial charge in [0.15, 0.2) is 5.78 Å². The van der Waals surface area contributed by atoms with Crippen LogP contribution in [-0.4, -0.2) is 20.1 Å². The SMILES string of the molecule is Cc1c(C(=O)Cn2nc(-c3ccccc3Cl)ccc2=O)c2ccccc2n1C. The van der Waals surface area contributed by atoms with Gasteiger partial charge < -0.3 is 4.57 Å². The zero-order valence-electron chi connectivity index (χ0n) is 15.5. The summed E-state index contributed by atoms with van der Waals surface area (Å²) in [5, 5.41) is 5.79. The van der Waals surface area contributed by atoms with E-state index in [-0.39, 0.29) is 17.9 Å². The second-order valence-electron chi connectivity index (χ2n) is 6.65. The van der Waals surface area contributed by atoms with Gasteiger partial charge in [-0.15, -0.1) is 0 Å². The maximum absolute atomic E-state index is 13.1. The van der Waals surface area contributed by atoms with Crippen molar-refractivity contribution in [1.29, 1.82) is 0 Å². The summed E-state index contributed by atoms with van der Waals surface area (Å²) in [4.78, 5) is 25.4. The van der Waals surface area contributed by atoms with Crippen molar-refractivity contribution in [1.82, 2.24) is 14.3 Å². The molecule has 2 aromatic heterocycles. The number of nitrogens with zero attached hydrogens (tertiary/aromatic N) is 3. The molecular formula is C22H18ClN3O2. The molecule has 0 N–H and O–H groups in total. The summed E-state index contributed by atoms with van der Waals surface area (Å²) in [5.74, 6) is -0.153. The summed E-state index contributed by atoms with van der Waals surface area (Å²) < 4.78 is 3.18. The van der Waals surface area contributed by atoms with E-state index in [2.05, 4.69) is 5.10 Å². The number of rotatable bonds is 4. The molecule has 0 aliphatic rings. The largest absolute Gasteiger partial charge is 0.347 e. The van der Waals surface area contributed by atoms with Crippen LogP contribution in [0, 0.1) is 6.92 Å². The lowest BCUT2D eigenvalue weighted by atomic mass is 10.1. The van der Waals surface area contributed by atoms with E-state index in [1.807, 2.05) is 61.0 Å². The van der Waals surface area contributed by atoms with Crippen LogP contribution < -0.4 is 5.56 Å². The van der Waals surface area contributed by atoms with Crippen LogP contribution in [0.2, 0.25) is 5.02 Å². The van der Waals surface area contributed by atoms with Crippen LogP contribution in [0.3, 0.4) is 0 Å². The molecule has 4 aromatic rings. The fourth-order valence-electron chi connectivity index (χ4n) is 3.46. The molecule has 0 atom stereocenters. The molecule has 0 aliphatic heterocycles. The topological polar surface area (TPSA) is 56.9 Å². The van der Waals surface area contributed by atoms with Crippen LogP contribution in [0.1, 0.15) is 16.1 Å². The average Bonchev–Trinajstić information content (AvgIpc) is 2.95. The van der Waals surface area contributed by atoms with Crippen LogP contribution in [0.15, 0.2) is 65.5 Å². The molecule has 0 bridgehead atoms. The third-order valence-electron chi connectivity index (χ3n) is 4.99. The van der Waals surface area contributed by atoms with Crippen LogP contribution in [0.4, 0.5) is 0 Å². The maximum atomic E-state index is 13.1. The first-order valence-electron chi connectivity index (χ1n) is 8.87. The van der Waals surface area contributed by atoms with Gasteiger partial charge >= 0.3 is 0 Å². The molecule has 0 fully saturated rings. The van der Waals surface area contributed by atoms with E-state index in [1.54, 1.807) is 12.1 Å². The molecule has 0 spiro atoms. The number of halogens is 1.